The number of pyridine rings is 1. The zero-order valence-corrected chi connectivity index (χ0v) is 18.7. The Bertz CT molecular complexity index is 1130. The molecule has 10 heteroatoms. The lowest BCUT2D eigenvalue weighted by atomic mass is 10.0. The van der Waals surface area contributed by atoms with E-state index in [4.69, 9.17) is 0 Å². The number of hydrogen-bond acceptors (Lipinski definition) is 5. The Morgan fingerprint density at radius 1 is 1.03 bits per heavy atom. The van der Waals surface area contributed by atoms with Crippen LogP contribution in [-0.2, 0) is 6.18 Å². The number of aryl methyl sites for hydroxylation is 1. The van der Waals surface area contributed by atoms with E-state index < -0.39 is 11.7 Å². The van der Waals surface area contributed by atoms with Crippen LogP contribution < -0.4 is 4.90 Å². The number of anilines is 1. The number of para-hydroxylation sites is 1. The summed E-state index contributed by atoms with van der Waals surface area (Å²) in [6.07, 6.45) is -3.58. The number of carbonyl (C=O) groups is 1. The largest absolute Gasteiger partial charge is 0.417 e. The Hall–Kier alpha value is -3.43. The number of nitrogens with zero attached hydrogens (tertiary/aromatic N) is 6. The highest BCUT2D eigenvalue weighted by Crippen LogP contribution is 2.29. The summed E-state index contributed by atoms with van der Waals surface area (Å²) >= 11 is 0. The number of aromatic nitrogens is 4. The molecule has 7 nitrogen and oxygen atoms in total. The van der Waals surface area contributed by atoms with Crippen molar-refractivity contribution in [2.75, 3.05) is 31.1 Å². The lowest BCUT2D eigenvalue weighted by Gasteiger charge is -2.34. The predicted octanol–water partition coefficient (Wildman–Crippen LogP) is 4.08. The Morgan fingerprint density at radius 2 is 1.73 bits per heavy atom. The van der Waals surface area contributed by atoms with Crippen LogP contribution in [0.4, 0.5) is 19.0 Å². The van der Waals surface area contributed by atoms with Gasteiger partial charge < -0.3 is 9.80 Å². The summed E-state index contributed by atoms with van der Waals surface area (Å²) in [6, 6.07) is 10.3. The first-order chi connectivity index (χ1) is 15.6. The number of carbonyl (C=O) groups excluding carboxylic acids is 1. The van der Waals surface area contributed by atoms with E-state index in [1.165, 1.54) is 6.07 Å². The van der Waals surface area contributed by atoms with Gasteiger partial charge in [-0.1, -0.05) is 32.0 Å². The molecule has 2 aromatic heterocycles. The molecule has 1 aromatic carbocycles. The molecule has 0 bridgehead atoms. The lowest BCUT2D eigenvalue weighted by Crippen LogP contribution is -2.49. The molecule has 1 aliphatic heterocycles. The normalized spacial score (nSPS) is 14.8. The number of hydrogen-bond donors (Lipinski definition) is 0. The van der Waals surface area contributed by atoms with Gasteiger partial charge in [0.25, 0.3) is 5.91 Å². The molecule has 3 aromatic rings. The molecule has 0 N–H and O–H groups in total. The minimum absolute atomic E-state index is 0.132. The van der Waals surface area contributed by atoms with Gasteiger partial charge >= 0.3 is 6.18 Å². The third kappa shape index (κ3) is 4.69. The second kappa shape index (κ2) is 8.84. The topological polar surface area (TPSA) is 67.2 Å². The summed E-state index contributed by atoms with van der Waals surface area (Å²) in [5.74, 6) is 1.24. The van der Waals surface area contributed by atoms with E-state index in [2.05, 4.69) is 28.9 Å². The quantitative estimate of drug-likeness (QED) is 0.590. The van der Waals surface area contributed by atoms with Gasteiger partial charge in [0.05, 0.1) is 11.3 Å². The van der Waals surface area contributed by atoms with Gasteiger partial charge in [-0.3, -0.25) is 4.79 Å². The standard InChI is InChI=1S/C23H25F3N6O/c1-15(2)18-6-4-5-7-19(18)32-16(3)28-21(29-32)22(33)31-12-10-30(11-13-31)20-9-8-17(14-27-20)23(24,25)26/h4-9,14-15H,10-13H2,1-3H3. The van der Waals surface area contributed by atoms with Crippen molar-refractivity contribution in [1.82, 2.24) is 24.6 Å². The third-order valence-electron chi connectivity index (χ3n) is 5.71. The monoisotopic (exact) mass is 458 g/mol. The van der Waals surface area contributed by atoms with Crippen LogP contribution in [0.3, 0.4) is 0 Å². The summed E-state index contributed by atoms with van der Waals surface area (Å²) in [6.45, 7) is 7.73. The van der Waals surface area contributed by atoms with Gasteiger partial charge in [0.15, 0.2) is 0 Å². The van der Waals surface area contributed by atoms with Gasteiger partial charge in [0, 0.05) is 32.4 Å². The van der Waals surface area contributed by atoms with Crippen LogP contribution in [0.25, 0.3) is 5.69 Å². The molecule has 0 radical (unpaired) electrons. The highest BCUT2D eigenvalue weighted by molar-refractivity contribution is 5.90. The zero-order chi connectivity index (χ0) is 23.8. The van der Waals surface area contributed by atoms with E-state index in [1.54, 1.807) is 9.58 Å². The highest BCUT2D eigenvalue weighted by atomic mass is 19.4. The average molecular weight is 458 g/mol. The second-order valence-corrected chi connectivity index (χ2v) is 8.29. The molecule has 1 aliphatic rings. The smallest absolute Gasteiger partial charge is 0.353 e. The molecule has 0 saturated carbocycles. The van der Waals surface area contributed by atoms with Crippen molar-refractivity contribution in [2.45, 2.75) is 32.9 Å². The third-order valence-corrected chi connectivity index (χ3v) is 5.71. The molecule has 1 saturated heterocycles. The van der Waals surface area contributed by atoms with Crippen molar-refractivity contribution in [3.8, 4) is 5.69 Å². The minimum Gasteiger partial charge on any atom is -0.353 e. The maximum atomic E-state index is 13.0. The Balaban J connectivity index is 1.45. The molecule has 174 valence electrons. The SMILES string of the molecule is Cc1nc(C(=O)N2CCN(c3ccc(C(F)(F)F)cn3)CC2)nn1-c1ccccc1C(C)C. The summed E-state index contributed by atoms with van der Waals surface area (Å²) in [7, 11) is 0. The Kier molecular flexibility index (Phi) is 6.09. The van der Waals surface area contributed by atoms with E-state index in [1.807, 2.05) is 36.1 Å². The van der Waals surface area contributed by atoms with Crippen molar-refractivity contribution in [2.24, 2.45) is 0 Å². The molecule has 1 amide bonds. The van der Waals surface area contributed by atoms with Gasteiger partial charge in [0.2, 0.25) is 5.82 Å². The summed E-state index contributed by atoms with van der Waals surface area (Å²) < 4.78 is 40.0. The summed E-state index contributed by atoms with van der Waals surface area (Å²) in [5.41, 5.74) is 1.23. The number of halogens is 3. The van der Waals surface area contributed by atoms with Crippen LogP contribution in [0.1, 0.15) is 47.3 Å². The maximum absolute atomic E-state index is 13.0. The van der Waals surface area contributed by atoms with Crippen LogP contribution in [0.15, 0.2) is 42.6 Å². The first-order valence-corrected chi connectivity index (χ1v) is 10.8. The van der Waals surface area contributed by atoms with E-state index in [-0.39, 0.29) is 17.6 Å². The number of amides is 1. The van der Waals surface area contributed by atoms with Crippen LogP contribution >= 0.6 is 0 Å². The van der Waals surface area contributed by atoms with Gasteiger partial charge in [-0.25, -0.2) is 14.6 Å². The first kappa shape index (κ1) is 22.8. The average Bonchev–Trinajstić information content (AvgIpc) is 3.19. The summed E-state index contributed by atoms with van der Waals surface area (Å²) in [4.78, 5) is 24.9. The van der Waals surface area contributed by atoms with Gasteiger partial charge in [0.1, 0.15) is 11.6 Å². The molecule has 4 rings (SSSR count). The molecule has 0 aliphatic carbocycles. The van der Waals surface area contributed by atoms with Crippen LogP contribution in [-0.4, -0.2) is 56.7 Å². The zero-order valence-electron chi connectivity index (χ0n) is 18.7. The van der Waals surface area contributed by atoms with Crippen molar-refractivity contribution in [1.29, 1.82) is 0 Å². The number of benzene rings is 1. The molecule has 1 fully saturated rings. The van der Waals surface area contributed by atoms with Crippen molar-refractivity contribution in [3.05, 3.63) is 65.4 Å². The molecule has 0 unspecified atom stereocenters. The molecular weight excluding hydrogens is 433 g/mol. The first-order valence-electron chi connectivity index (χ1n) is 10.8. The number of alkyl halides is 3. The summed E-state index contributed by atoms with van der Waals surface area (Å²) in [5, 5.41) is 4.49. The van der Waals surface area contributed by atoms with Gasteiger partial charge in [-0.2, -0.15) is 13.2 Å². The second-order valence-electron chi connectivity index (χ2n) is 8.29. The molecule has 0 atom stereocenters. The Morgan fingerprint density at radius 3 is 2.33 bits per heavy atom. The number of piperazine rings is 1. The van der Waals surface area contributed by atoms with Gasteiger partial charge in [-0.15, -0.1) is 5.10 Å². The maximum Gasteiger partial charge on any atom is 0.417 e. The fraction of sp³-hybridized carbons (Fsp3) is 0.391. The molecular formula is C23H25F3N6O. The highest BCUT2D eigenvalue weighted by Gasteiger charge is 2.31. The fourth-order valence-electron chi connectivity index (χ4n) is 3.90. The van der Waals surface area contributed by atoms with Crippen molar-refractivity contribution in [3.63, 3.8) is 0 Å². The van der Waals surface area contributed by atoms with Gasteiger partial charge in [-0.05, 0) is 36.6 Å². The van der Waals surface area contributed by atoms with E-state index >= 15 is 0 Å². The van der Waals surface area contributed by atoms with Crippen LogP contribution in [0.2, 0.25) is 0 Å². The van der Waals surface area contributed by atoms with E-state index in [9.17, 15) is 18.0 Å². The van der Waals surface area contributed by atoms with E-state index in [0.29, 0.717) is 37.8 Å². The van der Waals surface area contributed by atoms with Crippen LogP contribution in [0.5, 0.6) is 0 Å². The minimum atomic E-state index is -4.42. The van der Waals surface area contributed by atoms with E-state index in [0.717, 1.165) is 23.5 Å². The fourth-order valence-corrected chi connectivity index (χ4v) is 3.90. The van der Waals surface area contributed by atoms with Crippen molar-refractivity contribution < 1.29 is 18.0 Å². The number of rotatable bonds is 4. The van der Waals surface area contributed by atoms with Crippen LogP contribution in [0, 0.1) is 6.92 Å². The molecule has 3 heterocycles. The van der Waals surface area contributed by atoms with Crippen molar-refractivity contribution >= 4 is 11.7 Å². The lowest BCUT2D eigenvalue weighted by molar-refractivity contribution is -0.137. The molecule has 33 heavy (non-hydrogen) atoms. The molecule has 0 spiro atoms. The predicted molar refractivity (Wildman–Crippen MR) is 118 cm³/mol. The Labute approximate surface area is 189 Å².